The Hall–Kier alpha value is -2.54. The zero-order valence-corrected chi connectivity index (χ0v) is 15.6. The van der Waals surface area contributed by atoms with Crippen molar-refractivity contribution in [2.45, 2.75) is 6.54 Å². The van der Waals surface area contributed by atoms with Gasteiger partial charge in [-0.1, -0.05) is 12.1 Å². The summed E-state index contributed by atoms with van der Waals surface area (Å²) in [6.07, 6.45) is 0. The first-order chi connectivity index (χ1) is 12.4. The first kappa shape index (κ1) is 19.8. The van der Waals surface area contributed by atoms with Gasteiger partial charge in [0, 0.05) is 32.0 Å². The maximum Gasteiger partial charge on any atom is 0.234 e. The van der Waals surface area contributed by atoms with Crippen molar-refractivity contribution < 1.29 is 14.0 Å². The Labute approximate surface area is 157 Å². The van der Waals surface area contributed by atoms with Gasteiger partial charge in [-0.15, -0.1) is 11.8 Å². The molecule has 2 aromatic carbocycles. The van der Waals surface area contributed by atoms with Crippen molar-refractivity contribution >= 4 is 35.0 Å². The van der Waals surface area contributed by atoms with Crippen LogP contribution in [0.15, 0.2) is 48.5 Å². The molecular formula is C19H22FN3O2S. The molecule has 5 nitrogen and oxygen atoms in total. The van der Waals surface area contributed by atoms with E-state index in [1.165, 1.54) is 36.0 Å². The van der Waals surface area contributed by atoms with Crippen molar-refractivity contribution in [3.63, 3.8) is 0 Å². The number of amides is 2. The van der Waals surface area contributed by atoms with E-state index in [2.05, 4.69) is 10.6 Å². The van der Waals surface area contributed by atoms with Crippen molar-refractivity contribution in [2.24, 2.45) is 0 Å². The van der Waals surface area contributed by atoms with Gasteiger partial charge in [-0.25, -0.2) is 4.39 Å². The number of nitrogens with zero attached hydrogens (tertiary/aromatic N) is 1. The average Bonchev–Trinajstić information content (AvgIpc) is 2.62. The van der Waals surface area contributed by atoms with Crippen LogP contribution in [-0.4, -0.2) is 37.4 Å². The van der Waals surface area contributed by atoms with Gasteiger partial charge in [0.25, 0.3) is 0 Å². The van der Waals surface area contributed by atoms with E-state index in [1.54, 1.807) is 0 Å². The quantitative estimate of drug-likeness (QED) is 0.745. The second-order valence-corrected chi connectivity index (χ2v) is 6.87. The molecule has 0 fully saturated rings. The predicted octanol–water partition coefficient (Wildman–Crippen LogP) is 2.88. The Balaban J connectivity index is 1.65. The standard InChI is InChI=1S/C19H22FN3O2S/c1-23(2)17-9-3-14(4-10-17)11-21-18(24)12-26-13-19(25)22-16-7-5-15(20)6-8-16/h3-10H,11-13H2,1-2H3,(H,21,24)(H,22,25). The van der Waals surface area contributed by atoms with E-state index >= 15 is 0 Å². The SMILES string of the molecule is CN(C)c1ccc(CNC(=O)CSCC(=O)Nc2ccc(F)cc2)cc1. The molecule has 0 aliphatic carbocycles. The zero-order valence-electron chi connectivity index (χ0n) is 14.8. The molecule has 0 unspecified atom stereocenters. The van der Waals surface area contributed by atoms with E-state index in [0.717, 1.165) is 11.3 Å². The van der Waals surface area contributed by atoms with E-state index in [1.807, 2.05) is 43.3 Å². The summed E-state index contributed by atoms with van der Waals surface area (Å²) in [4.78, 5) is 25.6. The van der Waals surface area contributed by atoms with Crippen LogP contribution in [0.25, 0.3) is 0 Å². The fraction of sp³-hybridized carbons (Fsp3) is 0.263. The smallest absolute Gasteiger partial charge is 0.234 e. The van der Waals surface area contributed by atoms with Gasteiger partial charge < -0.3 is 15.5 Å². The molecule has 0 saturated carbocycles. The Morgan fingerprint density at radius 1 is 0.962 bits per heavy atom. The lowest BCUT2D eigenvalue weighted by Crippen LogP contribution is -2.25. The highest BCUT2D eigenvalue weighted by atomic mass is 32.2. The van der Waals surface area contributed by atoms with Crippen LogP contribution in [0, 0.1) is 5.82 Å². The van der Waals surface area contributed by atoms with Crippen LogP contribution >= 0.6 is 11.8 Å². The van der Waals surface area contributed by atoms with Crippen molar-refractivity contribution in [1.29, 1.82) is 0 Å². The van der Waals surface area contributed by atoms with Gasteiger partial charge in [-0.3, -0.25) is 9.59 Å². The summed E-state index contributed by atoms with van der Waals surface area (Å²) in [5.41, 5.74) is 2.65. The maximum atomic E-state index is 12.8. The van der Waals surface area contributed by atoms with Gasteiger partial charge in [0.1, 0.15) is 5.82 Å². The lowest BCUT2D eigenvalue weighted by molar-refractivity contribution is -0.118. The Kier molecular flexibility index (Phi) is 7.47. The number of hydrogen-bond acceptors (Lipinski definition) is 4. The molecule has 0 aliphatic heterocycles. The number of rotatable bonds is 8. The van der Waals surface area contributed by atoms with Gasteiger partial charge in [0.15, 0.2) is 0 Å². The molecule has 2 amide bonds. The summed E-state index contributed by atoms with van der Waals surface area (Å²) < 4.78 is 12.8. The summed E-state index contributed by atoms with van der Waals surface area (Å²) in [6, 6.07) is 13.5. The Bertz CT molecular complexity index is 733. The molecule has 0 aliphatic rings. The minimum absolute atomic E-state index is 0.124. The number of thioether (sulfide) groups is 1. The normalized spacial score (nSPS) is 10.3. The third-order valence-electron chi connectivity index (χ3n) is 3.54. The first-order valence-electron chi connectivity index (χ1n) is 8.10. The van der Waals surface area contributed by atoms with Gasteiger partial charge >= 0.3 is 0 Å². The van der Waals surface area contributed by atoms with Gasteiger partial charge in [-0.2, -0.15) is 0 Å². The summed E-state index contributed by atoms with van der Waals surface area (Å²) in [7, 11) is 3.94. The number of hydrogen-bond donors (Lipinski definition) is 2. The summed E-state index contributed by atoms with van der Waals surface area (Å²) in [5.74, 6) is -0.352. The van der Waals surface area contributed by atoms with E-state index in [9.17, 15) is 14.0 Å². The number of benzene rings is 2. The third kappa shape index (κ3) is 6.76. The van der Waals surface area contributed by atoms with Crippen LogP contribution in [0.5, 0.6) is 0 Å². The number of carbonyl (C=O) groups is 2. The molecule has 0 aromatic heterocycles. The molecular weight excluding hydrogens is 353 g/mol. The van der Waals surface area contributed by atoms with Gasteiger partial charge in [0.2, 0.25) is 11.8 Å². The highest BCUT2D eigenvalue weighted by molar-refractivity contribution is 8.00. The van der Waals surface area contributed by atoms with Gasteiger partial charge in [0.05, 0.1) is 11.5 Å². The third-order valence-corrected chi connectivity index (χ3v) is 4.47. The molecule has 0 saturated heterocycles. The Morgan fingerprint density at radius 2 is 1.58 bits per heavy atom. The maximum absolute atomic E-state index is 12.8. The number of halogens is 1. The van der Waals surface area contributed by atoms with Crippen LogP contribution in [-0.2, 0) is 16.1 Å². The minimum atomic E-state index is -0.356. The summed E-state index contributed by atoms with van der Waals surface area (Å²) in [6.45, 7) is 0.453. The summed E-state index contributed by atoms with van der Waals surface area (Å²) in [5, 5.41) is 5.48. The van der Waals surface area contributed by atoms with Crippen LogP contribution in [0.3, 0.4) is 0 Å². The van der Waals surface area contributed by atoms with Crippen LogP contribution < -0.4 is 15.5 Å². The largest absolute Gasteiger partial charge is 0.378 e. The van der Waals surface area contributed by atoms with E-state index in [0.29, 0.717) is 12.2 Å². The minimum Gasteiger partial charge on any atom is -0.378 e. The van der Waals surface area contributed by atoms with Gasteiger partial charge in [-0.05, 0) is 42.0 Å². The fourth-order valence-electron chi connectivity index (χ4n) is 2.13. The lowest BCUT2D eigenvalue weighted by Gasteiger charge is -2.13. The molecule has 0 atom stereocenters. The molecule has 138 valence electrons. The average molecular weight is 375 g/mol. The van der Waals surface area contributed by atoms with Crippen molar-refractivity contribution in [1.82, 2.24) is 5.32 Å². The second kappa shape index (κ2) is 9.82. The first-order valence-corrected chi connectivity index (χ1v) is 9.25. The van der Waals surface area contributed by atoms with Crippen molar-refractivity contribution in [3.05, 3.63) is 59.9 Å². The molecule has 0 spiro atoms. The number of nitrogens with one attached hydrogen (secondary N) is 2. The Morgan fingerprint density at radius 3 is 2.19 bits per heavy atom. The molecule has 7 heteroatoms. The highest BCUT2D eigenvalue weighted by Crippen LogP contribution is 2.12. The monoisotopic (exact) mass is 375 g/mol. The molecule has 2 rings (SSSR count). The lowest BCUT2D eigenvalue weighted by atomic mass is 10.2. The second-order valence-electron chi connectivity index (χ2n) is 5.89. The van der Waals surface area contributed by atoms with Crippen LogP contribution in [0.4, 0.5) is 15.8 Å². The van der Waals surface area contributed by atoms with E-state index in [-0.39, 0.29) is 29.1 Å². The topological polar surface area (TPSA) is 61.4 Å². The molecule has 0 heterocycles. The highest BCUT2D eigenvalue weighted by Gasteiger charge is 2.06. The van der Waals surface area contributed by atoms with Crippen molar-refractivity contribution in [3.8, 4) is 0 Å². The fourth-order valence-corrected chi connectivity index (χ4v) is 2.78. The molecule has 2 aromatic rings. The van der Waals surface area contributed by atoms with E-state index < -0.39 is 0 Å². The van der Waals surface area contributed by atoms with Crippen molar-refractivity contribution in [2.75, 3.05) is 35.8 Å². The number of anilines is 2. The van der Waals surface area contributed by atoms with Crippen LogP contribution in [0.1, 0.15) is 5.56 Å². The molecule has 26 heavy (non-hydrogen) atoms. The predicted molar refractivity (Wildman–Crippen MR) is 105 cm³/mol. The van der Waals surface area contributed by atoms with Crippen LogP contribution in [0.2, 0.25) is 0 Å². The molecule has 2 N–H and O–H groups in total. The summed E-state index contributed by atoms with van der Waals surface area (Å²) >= 11 is 1.23. The van der Waals surface area contributed by atoms with E-state index in [4.69, 9.17) is 0 Å². The molecule has 0 radical (unpaired) electrons. The number of carbonyl (C=O) groups excluding carboxylic acids is 2. The zero-order chi connectivity index (χ0) is 18.9. The molecule has 0 bridgehead atoms.